The second-order valence-electron chi connectivity index (χ2n) is 11.5. The van der Waals surface area contributed by atoms with Crippen LogP contribution >= 0.6 is 0 Å². The van der Waals surface area contributed by atoms with Crippen molar-refractivity contribution < 1.29 is 24.0 Å². The van der Waals surface area contributed by atoms with Gasteiger partial charge in [-0.05, 0) is 60.4 Å². The van der Waals surface area contributed by atoms with Crippen LogP contribution in [0, 0.1) is 0 Å². The zero-order chi connectivity index (χ0) is 32.2. The van der Waals surface area contributed by atoms with Gasteiger partial charge in [-0.15, -0.1) is 0 Å². The Bertz CT molecular complexity index is 1510. The first-order chi connectivity index (χ1) is 21.7. The molecule has 236 valence electrons. The zero-order valence-corrected chi connectivity index (χ0v) is 25.9. The fourth-order valence-corrected chi connectivity index (χ4v) is 5.30. The van der Waals surface area contributed by atoms with Crippen LogP contribution in [0.1, 0.15) is 62.6 Å². The number of benzene rings is 3. The summed E-state index contributed by atoms with van der Waals surface area (Å²) in [4.78, 5) is 65.5. The number of nitrogens with one attached hydrogen (secondary N) is 4. The molecule has 0 aromatic heterocycles. The first-order valence-corrected chi connectivity index (χ1v) is 15.7. The maximum Gasteiger partial charge on any atom is 0.289 e. The van der Waals surface area contributed by atoms with E-state index in [0.29, 0.717) is 19.3 Å². The predicted octanol–water partition coefficient (Wildman–Crippen LogP) is 3.78. The Balaban J connectivity index is 1.53. The molecular weight excluding hydrogens is 568 g/mol. The lowest BCUT2D eigenvalue weighted by Gasteiger charge is -2.24. The van der Waals surface area contributed by atoms with E-state index in [4.69, 9.17) is 0 Å². The molecule has 4 bridgehead atoms. The summed E-state index contributed by atoms with van der Waals surface area (Å²) in [6, 6.07) is 22.3. The Morgan fingerprint density at radius 2 is 1.51 bits per heavy atom. The van der Waals surface area contributed by atoms with E-state index < -0.39 is 41.6 Å². The van der Waals surface area contributed by atoms with Gasteiger partial charge in [0, 0.05) is 13.0 Å². The highest BCUT2D eigenvalue weighted by atomic mass is 16.2. The number of fused-ring (bicyclic) bond motifs is 5. The van der Waals surface area contributed by atoms with Crippen molar-refractivity contribution in [2.24, 2.45) is 0 Å². The average Bonchev–Trinajstić information content (AvgIpc) is 3.06. The standard InChI is InChI=1S/C36H42N4O5/c1-3-4-16-30(33(42)36(45)37-23-27-10-6-5-7-11-27)39-35(44)31-19-17-25-12-8-14-28(21-25)29-15-9-13-26(22-29)18-20-32(41)38-24(2)34(43)40-31/h5-15,21-22,24,30-31H,3-4,16-20,23H2,1-2H3,(H,37,45)(H,38,41)(H,39,44)(H,40,43)/t24-,30-,31?/m0/s1. The molecule has 4 amide bonds. The quantitative estimate of drug-likeness (QED) is 0.274. The van der Waals surface area contributed by atoms with Gasteiger partial charge in [0.2, 0.25) is 23.5 Å². The Morgan fingerprint density at radius 3 is 2.18 bits per heavy atom. The van der Waals surface area contributed by atoms with Crippen LogP contribution in [-0.2, 0) is 43.4 Å². The highest BCUT2D eigenvalue weighted by Gasteiger charge is 2.31. The summed E-state index contributed by atoms with van der Waals surface area (Å²) in [6.07, 6.45) is 3.12. The second kappa shape index (κ2) is 16.3. The van der Waals surface area contributed by atoms with E-state index in [2.05, 4.69) is 33.4 Å². The minimum absolute atomic E-state index is 0.186. The molecule has 0 spiro atoms. The molecule has 1 aliphatic heterocycles. The molecule has 9 heteroatoms. The van der Waals surface area contributed by atoms with E-state index in [1.807, 2.05) is 73.7 Å². The molecule has 1 heterocycles. The SMILES string of the molecule is CCCC[C@H](NC(=O)C1CCc2cccc(c2)-c2cccc(c2)CCC(=O)N[C@@H](C)C(=O)N1)C(=O)C(=O)NCc1ccccc1. The second-order valence-corrected chi connectivity index (χ2v) is 11.5. The van der Waals surface area contributed by atoms with E-state index in [-0.39, 0.29) is 31.7 Å². The zero-order valence-electron chi connectivity index (χ0n) is 25.9. The number of carbonyl (C=O) groups excluding carboxylic acids is 5. The lowest BCUT2D eigenvalue weighted by atomic mass is 9.96. The monoisotopic (exact) mass is 610 g/mol. The number of aryl methyl sites for hydroxylation is 2. The third-order valence-corrected chi connectivity index (χ3v) is 7.95. The van der Waals surface area contributed by atoms with Crippen LogP contribution in [0.5, 0.6) is 0 Å². The predicted molar refractivity (Wildman–Crippen MR) is 173 cm³/mol. The Kier molecular flexibility index (Phi) is 12.0. The van der Waals surface area contributed by atoms with Crippen molar-refractivity contribution in [3.8, 4) is 11.1 Å². The van der Waals surface area contributed by atoms with E-state index in [9.17, 15) is 24.0 Å². The van der Waals surface area contributed by atoms with Gasteiger partial charge in [0.05, 0.1) is 6.04 Å². The van der Waals surface area contributed by atoms with Crippen LogP contribution in [0.2, 0.25) is 0 Å². The van der Waals surface area contributed by atoms with Crippen LogP contribution in [0.3, 0.4) is 0 Å². The number of amides is 4. The lowest BCUT2D eigenvalue weighted by molar-refractivity contribution is -0.140. The van der Waals surface area contributed by atoms with Gasteiger partial charge in [-0.2, -0.15) is 0 Å². The molecule has 3 aromatic carbocycles. The van der Waals surface area contributed by atoms with Crippen LogP contribution in [0.15, 0.2) is 78.9 Å². The summed E-state index contributed by atoms with van der Waals surface area (Å²) < 4.78 is 0. The largest absolute Gasteiger partial charge is 0.345 e. The number of rotatable bonds is 9. The maximum atomic E-state index is 13.7. The van der Waals surface area contributed by atoms with Crippen LogP contribution in [0.25, 0.3) is 11.1 Å². The Hall–Kier alpha value is -4.79. The molecule has 0 aliphatic carbocycles. The van der Waals surface area contributed by atoms with Gasteiger partial charge in [-0.3, -0.25) is 24.0 Å². The molecule has 3 aromatic rings. The molecule has 1 aliphatic rings. The van der Waals surface area contributed by atoms with Crippen molar-refractivity contribution in [3.63, 3.8) is 0 Å². The number of Topliss-reactive ketones (excluding diaryl/α,β-unsaturated/α-hetero) is 1. The van der Waals surface area contributed by atoms with Gasteiger partial charge in [0.25, 0.3) is 5.91 Å². The summed E-state index contributed by atoms with van der Waals surface area (Å²) >= 11 is 0. The molecule has 1 unspecified atom stereocenters. The molecule has 0 saturated heterocycles. The van der Waals surface area contributed by atoms with E-state index >= 15 is 0 Å². The third-order valence-electron chi connectivity index (χ3n) is 7.95. The summed E-state index contributed by atoms with van der Waals surface area (Å²) in [5.41, 5.74) is 4.89. The highest BCUT2D eigenvalue weighted by Crippen LogP contribution is 2.23. The van der Waals surface area contributed by atoms with E-state index in [0.717, 1.165) is 34.2 Å². The molecule has 0 saturated carbocycles. The molecular formula is C36H42N4O5. The summed E-state index contributed by atoms with van der Waals surface area (Å²) in [5, 5.41) is 10.9. The van der Waals surface area contributed by atoms with Crippen LogP contribution in [0.4, 0.5) is 0 Å². The van der Waals surface area contributed by atoms with Gasteiger partial charge >= 0.3 is 0 Å². The fraction of sp³-hybridized carbons (Fsp3) is 0.361. The first-order valence-electron chi connectivity index (χ1n) is 15.7. The van der Waals surface area contributed by atoms with Gasteiger partial charge in [-0.1, -0.05) is 98.6 Å². The third kappa shape index (κ3) is 9.86. The number of hydrogen-bond acceptors (Lipinski definition) is 5. The van der Waals surface area contributed by atoms with Gasteiger partial charge in [0.15, 0.2) is 0 Å². The van der Waals surface area contributed by atoms with Crippen molar-refractivity contribution in [1.29, 1.82) is 0 Å². The van der Waals surface area contributed by atoms with Crippen molar-refractivity contribution in [2.75, 3.05) is 0 Å². The van der Waals surface area contributed by atoms with Gasteiger partial charge < -0.3 is 21.3 Å². The average molecular weight is 611 g/mol. The molecule has 0 radical (unpaired) electrons. The van der Waals surface area contributed by atoms with Crippen molar-refractivity contribution in [1.82, 2.24) is 21.3 Å². The highest BCUT2D eigenvalue weighted by molar-refractivity contribution is 6.38. The lowest BCUT2D eigenvalue weighted by Crippen LogP contribution is -2.56. The summed E-state index contributed by atoms with van der Waals surface area (Å²) in [7, 11) is 0. The minimum Gasteiger partial charge on any atom is -0.345 e. The first kappa shape index (κ1) is 33.1. The van der Waals surface area contributed by atoms with E-state index in [1.165, 1.54) is 0 Å². The molecule has 4 rings (SSSR count). The molecule has 45 heavy (non-hydrogen) atoms. The Morgan fingerprint density at radius 1 is 0.844 bits per heavy atom. The number of carbonyl (C=O) groups is 5. The number of unbranched alkanes of at least 4 members (excludes halogenated alkanes) is 1. The van der Waals surface area contributed by atoms with Crippen LogP contribution in [-0.4, -0.2) is 47.5 Å². The van der Waals surface area contributed by atoms with Crippen LogP contribution < -0.4 is 21.3 Å². The maximum absolute atomic E-state index is 13.7. The molecule has 0 fully saturated rings. The molecule has 9 nitrogen and oxygen atoms in total. The number of hydrogen-bond donors (Lipinski definition) is 4. The fourth-order valence-electron chi connectivity index (χ4n) is 5.30. The topological polar surface area (TPSA) is 133 Å². The minimum atomic E-state index is -1.04. The van der Waals surface area contributed by atoms with Gasteiger partial charge in [0.1, 0.15) is 12.1 Å². The van der Waals surface area contributed by atoms with Crippen molar-refractivity contribution in [2.45, 2.75) is 83.5 Å². The summed E-state index contributed by atoms with van der Waals surface area (Å²) in [6.45, 7) is 3.71. The van der Waals surface area contributed by atoms with Gasteiger partial charge in [-0.25, -0.2) is 0 Å². The molecule has 4 N–H and O–H groups in total. The number of ketones is 1. The molecule has 3 atom stereocenters. The van der Waals surface area contributed by atoms with E-state index in [1.54, 1.807) is 6.92 Å². The normalized spacial score (nSPS) is 17.7. The summed E-state index contributed by atoms with van der Waals surface area (Å²) in [5.74, 6) is -2.85. The Labute approximate surface area is 264 Å². The van der Waals surface area contributed by atoms with Crippen molar-refractivity contribution >= 4 is 29.4 Å². The smallest absolute Gasteiger partial charge is 0.289 e. The van der Waals surface area contributed by atoms with Crippen molar-refractivity contribution in [3.05, 3.63) is 95.6 Å².